The first-order chi connectivity index (χ1) is 31.7. The minimum atomic E-state index is -1.40. The van der Waals surface area contributed by atoms with E-state index in [0.717, 1.165) is 10.9 Å². The molecule has 352 valence electrons. The lowest BCUT2D eigenvalue weighted by atomic mass is 10.0. The van der Waals surface area contributed by atoms with E-state index >= 15 is 0 Å². The molecule has 66 heavy (non-hydrogen) atoms. The molecule has 21 nitrogen and oxygen atoms in total. The number of carbonyl (C=O) groups is 9. The molecule has 0 bridgehead atoms. The summed E-state index contributed by atoms with van der Waals surface area (Å²) >= 11 is 0. The van der Waals surface area contributed by atoms with Crippen LogP contribution in [0.3, 0.4) is 0 Å². The number of para-hydroxylation sites is 1. The number of benzene rings is 2. The molecule has 0 spiro atoms. The van der Waals surface area contributed by atoms with Crippen molar-refractivity contribution in [3.63, 3.8) is 0 Å². The highest BCUT2D eigenvalue weighted by molar-refractivity contribution is 5.97. The maximum atomic E-state index is 14.2. The molecular weight excluding hydrogens is 853 g/mol. The second-order valence-corrected chi connectivity index (χ2v) is 16.1. The minimum Gasteiger partial charge on any atom is -0.368 e. The molecule has 0 saturated carbocycles. The molecule has 2 aromatic carbocycles. The van der Waals surface area contributed by atoms with E-state index in [1.807, 2.05) is 31.2 Å². The van der Waals surface area contributed by atoms with Gasteiger partial charge in [0.15, 0.2) is 0 Å². The van der Waals surface area contributed by atoms with Crippen molar-refractivity contribution in [2.45, 2.75) is 108 Å². The molecule has 12 N–H and O–H groups in total. The number of nitrogens with zero attached hydrogens (tertiary/aromatic N) is 1. The van der Waals surface area contributed by atoms with Crippen LogP contribution in [0.15, 0.2) is 73.3 Å². The van der Waals surface area contributed by atoms with Gasteiger partial charge in [-0.25, -0.2) is 4.98 Å². The molecule has 1 unspecified atom stereocenters. The van der Waals surface area contributed by atoms with Crippen LogP contribution in [0.25, 0.3) is 10.9 Å². The number of nitrogens with two attached hydrogens (primary N) is 1. The number of hydrogen-bond donors (Lipinski definition) is 11. The second-order valence-electron chi connectivity index (χ2n) is 16.1. The van der Waals surface area contributed by atoms with Crippen LogP contribution < -0.4 is 48.3 Å². The molecule has 5 rings (SSSR count). The predicted molar refractivity (Wildman–Crippen MR) is 240 cm³/mol. The Morgan fingerprint density at radius 1 is 0.803 bits per heavy atom. The summed E-state index contributed by atoms with van der Waals surface area (Å²) in [6.45, 7) is 2.35. The van der Waals surface area contributed by atoms with Crippen LogP contribution in [0.5, 0.6) is 0 Å². The van der Waals surface area contributed by atoms with E-state index in [0.29, 0.717) is 29.7 Å². The van der Waals surface area contributed by atoms with Crippen molar-refractivity contribution in [1.82, 2.24) is 57.5 Å². The quantitative estimate of drug-likeness (QED) is 0.0687. The van der Waals surface area contributed by atoms with Crippen LogP contribution in [-0.4, -0.2) is 117 Å². The number of aromatic nitrogens is 3. The maximum absolute atomic E-state index is 14.2. The van der Waals surface area contributed by atoms with E-state index in [1.54, 1.807) is 36.5 Å². The number of aromatic amines is 2. The Labute approximate surface area is 380 Å². The summed E-state index contributed by atoms with van der Waals surface area (Å²) in [6, 6.07) is 8.51. The Balaban J connectivity index is 1.43. The molecule has 2 aromatic heterocycles. The van der Waals surface area contributed by atoms with E-state index in [4.69, 9.17) is 5.73 Å². The third-order valence-corrected chi connectivity index (χ3v) is 10.9. The fourth-order valence-corrected chi connectivity index (χ4v) is 7.43. The average molecular weight is 911 g/mol. The lowest BCUT2D eigenvalue weighted by Gasteiger charge is -2.26. The van der Waals surface area contributed by atoms with Gasteiger partial charge in [-0.15, -0.1) is 0 Å². The largest absolute Gasteiger partial charge is 0.368 e. The molecule has 9 amide bonds. The Morgan fingerprint density at radius 3 is 2.24 bits per heavy atom. The van der Waals surface area contributed by atoms with Gasteiger partial charge in [-0.1, -0.05) is 68.3 Å². The summed E-state index contributed by atoms with van der Waals surface area (Å²) in [5.74, 6) is -6.59. The number of fused-ring (bicyclic) bond motifs is 1. The van der Waals surface area contributed by atoms with E-state index < -0.39 is 96.0 Å². The van der Waals surface area contributed by atoms with Gasteiger partial charge >= 0.3 is 0 Å². The number of H-pyrrole nitrogens is 2. The number of primary amides is 1. The standard InChI is InChI=1S/C45H58N12O9/c1-3-4-13-32(52-26(2)58)42(63)54-33-15-16-38(59)48-18-17-34(44(65)55-35(40(46)61)20-28-22-49-31-14-9-8-12-30(28)31)53-39(60)24-50-41(62)36(19-27-10-6-5-7-11-27)56-45(66)37(57-43(33)64)21-29-23-47-25-51-29/h5-12,14,22-23,25,32-37,49H,3-4,13,15-21,24H2,1-2H3,(H2,46,61)(H,47,51)(H,48,59)(H,50,62)(H,52,58)(H,53,60)(H,54,63)(H,55,65)(H,56,66)(H,57,64)/t32-,33-,34-,35-,36?,37-/m0/s1. The fourth-order valence-electron chi connectivity index (χ4n) is 7.43. The van der Waals surface area contributed by atoms with E-state index in [-0.39, 0.29) is 51.5 Å². The van der Waals surface area contributed by atoms with Crippen LogP contribution in [0.2, 0.25) is 0 Å². The second kappa shape index (κ2) is 24.5. The SMILES string of the molecule is CCCC[C@H](NC(C)=O)C(=O)N[C@H]1CCC(=O)NCC[C@@H](C(=O)N[C@@H](Cc2c[nH]c3ccccc23)C(N)=O)NC(=O)CNC(=O)C(Cc2ccccc2)NC(=O)[C@H](Cc2cnc[nH]2)NC1=O. The van der Waals surface area contributed by atoms with Gasteiger partial charge in [-0.3, -0.25) is 43.2 Å². The van der Waals surface area contributed by atoms with E-state index in [2.05, 4.69) is 57.5 Å². The van der Waals surface area contributed by atoms with Gasteiger partial charge in [0.05, 0.1) is 12.9 Å². The minimum absolute atomic E-state index is 0.0191. The predicted octanol–water partition coefficient (Wildman–Crippen LogP) is -1.06. The summed E-state index contributed by atoms with van der Waals surface area (Å²) in [5, 5.41) is 21.8. The zero-order valence-electron chi connectivity index (χ0n) is 36.9. The number of rotatable bonds is 15. The van der Waals surface area contributed by atoms with Crippen molar-refractivity contribution in [2.24, 2.45) is 5.73 Å². The van der Waals surface area contributed by atoms with Crippen molar-refractivity contribution in [1.29, 1.82) is 0 Å². The summed E-state index contributed by atoms with van der Waals surface area (Å²) in [7, 11) is 0. The highest BCUT2D eigenvalue weighted by Crippen LogP contribution is 2.19. The molecule has 3 heterocycles. The molecule has 1 fully saturated rings. The van der Waals surface area contributed by atoms with Gasteiger partial charge in [0, 0.05) is 68.1 Å². The average Bonchev–Trinajstić information content (AvgIpc) is 3.97. The van der Waals surface area contributed by atoms with Crippen LogP contribution in [-0.2, 0) is 62.4 Å². The summed E-state index contributed by atoms with van der Waals surface area (Å²) in [5.41, 5.74) is 8.34. The third kappa shape index (κ3) is 15.0. The molecule has 0 radical (unpaired) electrons. The summed E-state index contributed by atoms with van der Waals surface area (Å²) in [6.07, 6.45) is 5.15. The Morgan fingerprint density at radius 2 is 1.53 bits per heavy atom. The van der Waals surface area contributed by atoms with Gasteiger partial charge in [-0.2, -0.15) is 0 Å². The molecule has 1 saturated heterocycles. The summed E-state index contributed by atoms with van der Waals surface area (Å²) < 4.78 is 0. The first kappa shape index (κ1) is 49.4. The number of unbranched alkanes of at least 4 members (excludes halogenated alkanes) is 1. The number of amides is 9. The number of hydrogen-bond acceptors (Lipinski definition) is 10. The number of carbonyl (C=O) groups excluding carboxylic acids is 9. The zero-order chi connectivity index (χ0) is 47.6. The van der Waals surface area contributed by atoms with Gasteiger partial charge in [0.1, 0.15) is 36.3 Å². The van der Waals surface area contributed by atoms with Gasteiger partial charge < -0.3 is 58.2 Å². The Kier molecular flexibility index (Phi) is 18.3. The van der Waals surface area contributed by atoms with Crippen LogP contribution >= 0.6 is 0 Å². The van der Waals surface area contributed by atoms with E-state index in [1.165, 1.54) is 19.4 Å². The first-order valence-corrected chi connectivity index (χ1v) is 21.9. The van der Waals surface area contributed by atoms with Crippen molar-refractivity contribution in [3.8, 4) is 0 Å². The maximum Gasteiger partial charge on any atom is 0.243 e. The zero-order valence-corrected chi connectivity index (χ0v) is 36.9. The van der Waals surface area contributed by atoms with Crippen molar-refractivity contribution >= 4 is 64.1 Å². The smallest absolute Gasteiger partial charge is 0.243 e. The van der Waals surface area contributed by atoms with Crippen LogP contribution in [0.1, 0.15) is 69.2 Å². The van der Waals surface area contributed by atoms with Crippen molar-refractivity contribution in [3.05, 3.63) is 90.1 Å². The topological polar surface area (TPSA) is 320 Å². The number of nitrogens with one attached hydrogen (secondary N) is 10. The third-order valence-electron chi connectivity index (χ3n) is 10.9. The molecule has 0 aliphatic carbocycles. The molecule has 4 aromatic rings. The van der Waals surface area contributed by atoms with Crippen LogP contribution in [0.4, 0.5) is 0 Å². The Bertz CT molecular complexity index is 2340. The van der Waals surface area contributed by atoms with Gasteiger partial charge in [0.2, 0.25) is 53.2 Å². The van der Waals surface area contributed by atoms with Crippen molar-refractivity contribution < 1.29 is 43.2 Å². The molecule has 6 atom stereocenters. The van der Waals surface area contributed by atoms with E-state index in [9.17, 15) is 43.2 Å². The van der Waals surface area contributed by atoms with Crippen LogP contribution in [0, 0.1) is 0 Å². The lowest BCUT2D eigenvalue weighted by molar-refractivity contribution is -0.135. The monoisotopic (exact) mass is 910 g/mol. The first-order valence-electron chi connectivity index (χ1n) is 21.9. The molecule has 21 heteroatoms. The molecular formula is C45H58N12O9. The fraction of sp³-hybridized carbons (Fsp3) is 0.422. The van der Waals surface area contributed by atoms with Crippen molar-refractivity contribution in [2.75, 3.05) is 13.1 Å². The summed E-state index contributed by atoms with van der Waals surface area (Å²) in [4.78, 5) is 131. The van der Waals surface area contributed by atoms with Gasteiger partial charge in [0.25, 0.3) is 0 Å². The normalized spacial score (nSPS) is 20.1. The lowest BCUT2D eigenvalue weighted by Crippen LogP contribution is -2.59. The highest BCUT2D eigenvalue weighted by atomic mass is 16.2. The van der Waals surface area contributed by atoms with Gasteiger partial charge in [-0.05, 0) is 36.5 Å². The highest BCUT2D eigenvalue weighted by Gasteiger charge is 2.33. The molecule has 1 aliphatic heterocycles. The molecule has 1 aliphatic rings. The number of imidazole rings is 1. The Hall–Kier alpha value is -7.58.